The Morgan fingerprint density at radius 2 is 2.00 bits per heavy atom. The monoisotopic (exact) mass is 341 g/mol. The molecule has 0 aromatic heterocycles. The van der Waals surface area contributed by atoms with E-state index in [9.17, 15) is 4.79 Å². The summed E-state index contributed by atoms with van der Waals surface area (Å²) >= 11 is 0. The second-order valence-corrected chi connectivity index (χ2v) is 5.19. The number of benzene rings is 1. The van der Waals surface area contributed by atoms with E-state index in [4.69, 9.17) is 9.47 Å². The molecule has 0 saturated carbocycles. The van der Waals surface area contributed by atoms with Crippen molar-refractivity contribution in [2.24, 2.45) is 0 Å². The third-order valence-electron chi connectivity index (χ3n) is 3.28. The van der Waals surface area contributed by atoms with Gasteiger partial charge in [0.2, 0.25) is 5.91 Å². The smallest absolute Gasteiger partial charge is 0.225 e. The summed E-state index contributed by atoms with van der Waals surface area (Å²) in [6, 6.07) is 5.31. The fourth-order valence-electron chi connectivity index (χ4n) is 2.10. The lowest BCUT2D eigenvalue weighted by Gasteiger charge is -2.20. The highest BCUT2D eigenvalue weighted by Gasteiger charge is 2.10. The van der Waals surface area contributed by atoms with Crippen molar-refractivity contribution in [1.29, 1.82) is 0 Å². The lowest BCUT2D eigenvalue weighted by molar-refractivity contribution is -0.116. The topological polar surface area (TPSA) is 50.8 Å². The van der Waals surface area contributed by atoms with Crippen LogP contribution in [0.4, 0.5) is 5.69 Å². The van der Waals surface area contributed by atoms with Gasteiger partial charge in [0.05, 0.1) is 19.9 Å². The molecule has 1 N–H and O–H groups in total. The van der Waals surface area contributed by atoms with Gasteiger partial charge in [-0.2, -0.15) is 0 Å². The van der Waals surface area contributed by atoms with Crippen LogP contribution in [0.25, 0.3) is 0 Å². The first-order valence-electron chi connectivity index (χ1n) is 7.38. The zero-order valence-corrected chi connectivity index (χ0v) is 15.1. The van der Waals surface area contributed by atoms with E-state index in [2.05, 4.69) is 23.7 Å². The highest BCUT2D eigenvalue weighted by atomic mass is 35.5. The van der Waals surface area contributed by atoms with Crippen molar-refractivity contribution in [3.63, 3.8) is 0 Å². The second-order valence-electron chi connectivity index (χ2n) is 5.19. The van der Waals surface area contributed by atoms with Gasteiger partial charge in [-0.15, -0.1) is 0 Å². The van der Waals surface area contributed by atoms with Gasteiger partial charge in [0.25, 0.3) is 0 Å². The molecular weight excluding hydrogens is 316 g/mol. The Balaban J connectivity index is 0.00000484. The predicted molar refractivity (Wildman–Crippen MR) is 89.7 cm³/mol. The van der Waals surface area contributed by atoms with Crippen LogP contribution in [0.3, 0.4) is 0 Å². The maximum absolute atomic E-state index is 12.1. The number of hydrogen-bond donors (Lipinski definition) is 1. The van der Waals surface area contributed by atoms with Crippen molar-refractivity contribution in [3.05, 3.63) is 30.4 Å². The van der Waals surface area contributed by atoms with E-state index in [0.717, 1.165) is 18.7 Å². The normalized spacial score (nSPS) is 9.96. The fraction of sp³-hybridized carbons (Fsp3) is 0.471. The highest BCUT2D eigenvalue weighted by Crippen LogP contribution is 2.29. The van der Waals surface area contributed by atoms with Gasteiger partial charge in [0.1, 0.15) is 11.5 Å². The first-order valence-corrected chi connectivity index (χ1v) is 7.38. The summed E-state index contributed by atoms with van der Waals surface area (Å²) in [4.78, 5) is 14.3. The average molecular weight is 342 g/mol. The van der Waals surface area contributed by atoms with Gasteiger partial charge in [-0.05, 0) is 25.6 Å². The Kier molecular flexibility index (Phi) is 10.1. The number of nitrogens with zero attached hydrogens (tertiary/aromatic N) is 1. The molecule has 0 radical (unpaired) electrons. The van der Waals surface area contributed by atoms with E-state index in [-0.39, 0.29) is 18.3 Å². The number of halogens is 1. The molecule has 0 aliphatic carbocycles. The summed E-state index contributed by atoms with van der Waals surface area (Å²) in [6.45, 7) is 10.4. The number of carbonyl (C=O) groups excluding carboxylic acids is 1. The minimum Gasteiger partial charge on any atom is -1.00 e. The van der Waals surface area contributed by atoms with Gasteiger partial charge in [-0.25, -0.2) is 0 Å². The van der Waals surface area contributed by atoms with E-state index >= 15 is 0 Å². The molecule has 1 rings (SSSR count). The third-order valence-corrected chi connectivity index (χ3v) is 3.28. The summed E-state index contributed by atoms with van der Waals surface area (Å²) in [5.41, 5.74) is 1.75. The van der Waals surface area contributed by atoms with E-state index < -0.39 is 0 Å². The number of ether oxygens (including phenoxy) is 2. The van der Waals surface area contributed by atoms with Crippen molar-refractivity contribution >= 4 is 11.6 Å². The van der Waals surface area contributed by atoms with Crippen LogP contribution in [-0.2, 0) is 4.79 Å². The molecule has 1 aromatic carbocycles. The predicted octanol–water partition coefficient (Wildman–Crippen LogP) is -0.0656. The van der Waals surface area contributed by atoms with Crippen LogP contribution in [0.15, 0.2) is 30.4 Å². The van der Waals surface area contributed by atoms with Crippen molar-refractivity contribution in [3.8, 4) is 11.5 Å². The fourth-order valence-corrected chi connectivity index (χ4v) is 2.10. The van der Waals surface area contributed by atoms with Gasteiger partial charge in [0, 0.05) is 25.6 Å². The molecule has 0 heterocycles. The second kappa shape index (κ2) is 10.9. The van der Waals surface area contributed by atoms with Crippen LogP contribution in [0.5, 0.6) is 11.5 Å². The van der Waals surface area contributed by atoms with Crippen LogP contribution < -0.4 is 27.2 Å². The first kappa shape index (κ1) is 21.3. The lowest BCUT2D eigenvalue weighted by atomic mass is 10.2. The van der Waals surface area contributed by atoms with Crippen LogP contribution >= 0.6 is 0 Å². The molecule has 0 spiro atoms. The van der Waals surface area contributed by atoms with E-state index in [1.54, 1.807) is 32.4 Å². The molecule has 0 saturated heterocycles. The Hall–Kier alpha value is -1.72. The molecule has 1 amide bonds. The standard InChI is InChI=1S/C17H26N2O3.ClH/c1-6-19(12-13(2)3)10-9-17(20)18-15-8-7-14(21-4)11-16(15)22-5;/h7-8,11H,2,6,9-10,12H2,1,3-5H3,(H,18,20);1H/p-1. The minimum atomic E-state index is -0.0383. The number of hydrogen-bond acceptors (Lipinski definition) is 4. The summed E-state index contributed by atoms with van der Waals surface area (Å²) in [5, 5.41) is 2.88. The molecule has 0 bridgehead atoms. The number of anilines is 1. The Bertz CT molecular complexity index is 521. The highest BCUT2D eigenvalue weighted by molar-refractivity contribution is 5.92. The van der Waals surface area contributed by atoms with Crippen LogP contribution in [0, 0.1) is 0 Å². The Morgan fingerprint density at radius 3 is 2.52 bits per heavy atom. The van der Waals surface area contributed by atoms with Gasteiger partial charge >= 0.3 is 0 Å². The largest absolute Gasteiger partial charge is 1.00 e. The summed E-state index contributed by atoms with van der Waals surface area (Å²) in [6.07, 6.45) is 0.427. The SMILES string of the molecule is C=C(C)CN(CC)CCC(=O)Nc1ccc(OC)cc1OC.[Cl-]. The molecule has 130 valence electrons. The molecule has 0 fully saturated rings. The Labute approximate surface area is 145 Å². The van der Waals surface area contributed by atoms with Crippen LogP contribution in [0.1, 0.15) is 20.3 Å². The van der Waals surface area contributed by atoms with Gasteiger partial charge in [-0.1, -0.05) is 19.1 Å². The average Bonchev–Trinajstić information content (AvgIpc) is 2.51. The molecule has 1 aromatic rings. The van der Waals surface area contributed by atoms with Crippen molar-refractivity contribution in [2.45, 2.75) is 20.3 Å². The quantitative estimate of drug-likeness (QED) is 0.639. The number of amides is 1. The van der Waals surface area contributed by atoms with Crippen molar-refractivity contribution in [1.82, 2.24) is 4.90 Å². The van der Waals surface area contributed by atoms with Crippen LogP contribution in [0.2, 0.25) is 0 Å². The van der Waals surface area contributed by atoms with E-state index in [1.807, 2.05) is 6.92 Å². The van der Waals surface area contributed by atoms with Gasteiger partial charge in [0.15, 0.2) is 0 Å². The van der Waals surface area contributed by atoms with Crippen molar-refractivity contribution in [2.75, 3.05) is 39.2 Å². The van der Waals surface area contributed by atoms with Crippen LogP contribution in [-0.4, -0.2) is 44.7 Å². The number of rotatable bonds is 9. The van der Waals surface area contributed by atoms with E-state index in [0.29, 0.717) is 30.2 Å². The molecule has 6 heteroatoms. The molecular formula is C17H26ClN2O3-. The van der Waals surface area contributed by atoms with Crippen molar-refractivity contribution < 1.29 is 26.7 Å². The van der Waals surface area contributed by atoms with Gasteiger partial charge in [-0.3, -0.25) is 9.69 Å². The third kappa shape index (κ3) is 7.39. The number of nitrogens with one attached hydrogen (secondary N) is 1. The summed E-state index contributed by atoms with van der Waals surface area (Å²) < 4.78 is 10.4. The molecule has 23 heavy (non-hydrogen) atoms. The molecule has 0 aliphatic rings. The summed E-state index contributed by atoms with van der Waals surface area (Å²) in [7, 11) is 3.16. The number of carbonyl (C=O) groups is 1. The molecule has 5 nitrogen and oxygen atoms in total. The van der Waals surface area contributed by atoms with Gasteiger partial charge < -0.3 is 27.2 Å². The zero-order chi connectivity index (χ0) is 16.5. The summed E-state index contributed by atoms with van der Waals surface area (Å²) in [5.74, 6) is 1.24. The maximum Gasteiger partial charge on any atom is 0.225 e. The molecule has 0 unspecified atom stereocenters. The Morgan fingerprint density at radius 1 is 1.30 bits per heavy atom. The maximum atomic E-state index is 12.1. The zero-order valence-electron chi connectivity index (χ0n) is 14.3. The molecule has 0 atom stereocenters. The van der Waals surface area contributed by atoms with E-state index in [1.165, 1.54) is 0 Å². The minimum absolute atomic E-state index is 0. The first-order chi connectivity index (χ1) is 10.5. The lowest BCUT2D eigenvalue weighted by Crippen LogP contribution is -3.00. The number of likely N-dealkylation sites (N-methyl/N-ethyl adjacent to an activating group) is 1. The number of methoxy groups -OCH3 is 2. The molecule has 0 aliphatic heterocycles.